The zero-order valence-electron chi connectivity index (χ0n) is 42.1. The van der Waals surface area contributed by atoms with Gasteiger partial charge in [0.25, 0.3) is 0 Å². The van der Waals surface area contributed by atoms with Crippen LogP contribution >= 0.6 is 0 Å². The van der Waals surface area contributed by atoms with Crippen molar-refractivity contribution in [2.24, 2.45) is 5.92 Å². The monoisotopic (exact) mass is 974 g/mol. The van der Waals surface area contributed by atoms with E-state index in [9.17, 15) is 0 Å². The maximum atomic E-state index is 4.75. The highest BCUT2D eigenvalue weighted by Gasteiger charge is 2.34. The van der Waals surface area contributed by atoms with Crippen LogP contribution in [0.4, 0.5) is 39.8 Å². The van der Waals surface area contributed by atoms with E-state index in [0.29, 0.717) is 0 Å². The Morgan fingerprint density at radius 1 is 0.461 bits per heavy atom. The largest absolute Gasteiger partial charge is 0.316 e. The fourth-order valence-corrected chi connectivity index (χ4v) is 11.6. The van der Waals surface area contributed by atoms with Crippen LogP contribution in [0.15, 0.2) is 298 Å². The molecule has 4 nitrogen and oxygen atoms in total. The van der Waals surface area contributed by atoms with Crippen LogP contribution in [0.3, 0.4) is 0 Å². The van der Waals surface area contributed by atoms with Gasteiger partial charge in [-0.25, -0.2) is 0 Å². The lowest BCUT2D eigenvalue weighted by molar-refractivity contribution is 0.641. The molecule has 2 unspecified atom stereocenters. The molecule has 76 heavy (non-hydrogen) atoms. The summed E-state index contributed by atoms with van der Waals surface area (Å²) >= 11 is 0. The predicted octanol–water partition coefficient (Wildman–Crippen LogP) is 19.4. The van der Waals surface area contributed by atoms with Crippen LogP contribution in [0.5, 0.6) is 0 Å². The molecule has 4 heteroatoms. The molecule has 10 aromatic rings. The normalized spacial score (nSPS) is 15.5. The van der Waals surface area contributed by atoms with Gasteiger partial charge in [0, 0.05) is 91.1 Å². The van der Waals surface area contributed by atoms with Crippen LogP contribution in [0, 0.1) is 5.92 Å². The van der Waals surface area contributed by atoms with Crippen LogP contribution in [-0.2, 0) is 0 Å². The molecule has 9 aromatic carbocycles. The first-order valence-corrected chi connectivity index (χ1v) is 26.0. The van der Waals surface area contributed by atoms with Gasteiger partial charge in [0.1, 0.15) is 0 Å². The Labute approximate surface area is 445 Å². The van der Waals surface area contributed by atoms with Crippen LogP contribution in [0.1, 0.15) is 28.3 Å². The molecule has 2 atom stereocenters. The third-order valence-corrected chi connectivity index (χ3v) is 15.2. The summed E-state index contributed by atoms with van der Waals surface area (Å²) in [6, 6.07) is 78.2. The van der Waals surface area contributed by atoms with Gasteiger partial charge in [0.05, 0.1) is 11.2 Å². The lowest BCUT2D eigenvalue weighted by atomic mass is 9.75. The molecule has 0 bridgehead atoms. The Bertz CT molecular complexity index is 4020. The predicted molar refractivity (Wildman–Crippen MR) is 324 cm³/mol. The second kappa shape index (κ2) is 19.5. The van der Waals surface area contributed by atoms with Crippen molar-refractivity contribution in [2.75, 3.05) is 14.7 Å². The van der Waals surface area contributed by atoms with Crippen LogP contribution < -0.4 is 14.7 Å². The van der Waals surface area contributed by atoms with E-state index in [1.54, 1.807) is 0 Å². The molecule has 1 aliphatic heterocycles. The molecule has 0 fully saturated rings. The molecule has 2 heterocycles. The number of aromatic nitrogens is 1. The highest BCUT2D eigenvalue weighted by atomic mass is 15.2. The average Bonchev–Trinajstić information content (AvgIpc) is 3.88. The van der Waals surface area contributed by atoms with Crippen molar-refractivity contribution in [1.82, 2.24) is 4.57 Å². The molecule has 2 aliphatic carbocycles. The molecule has 0 N–H and O–H groups in total. The SMILES string of the molecule is C=CC1=Cc2c(n(-c3ccccc3)c3ccc(N(c4ccccc4)c4ccc(-c5ccc(N(C6=CC(=C)c7cc(C=C)c8ccccc8c7N(c7ccccc7)C=C6)c6ccccc6)cc5)cc4)cc23)C2C=CC=CC12. The fourth-order valence-electron chi connectivity index (χ4n) is 11.6. The molecular formula is C72H54N4. The molecule has 0 saturated carbocycles. The zero-order chi connectivity index (χ0) is 51.1. The number of anilines is 7. The molecule has 362 valence electrons. The molecule has 0 saturated heterocycles. The van der Waals surface area contributed by atoms with Gasteiger partial charge in [-0.2, -0.15) is 0 Å². The van der Waals surface area contributed by atoms with Gasteiger partial charge < -0.3 is 19.3 Å². The number of fused-ring (bicyclic) bond motifs is 8. The zero-order valence-corrected chi connectivity index (χ0v) is 42.1. The van der Waals surface area contributed by atoms with E-state index in [-0.39, 0.29) is 11.8 Å². The molecule has 0 radical (unpaired) electrons. The Balaban J connectivity index is 0.871. The van der Waals surface area contributed by atoms with Gasteiger partial charge in [0.2, 0.25) is 0 Å². The Morgan fingerprint density at radius 3 is 1.63 bits per heavy atom. The minimum Gasteiger partial charge on any atom is -0.316 e. The number of benzene rings is 9. The Kier molecular flexibility index (Phi) is 11.8. The van der Waals surface area contributed by atoms with Crippen molar-refractivity contribution in [3.63, 3.8) is 0 Å². The smallest absolute Gasteiger partial charge is 0.0612 e. The highest BCUT2D eigenvalue weighted by molar-refractivity contribution is 6.07. The van der Waals surface area contributed by atoms with E-state index in [4.69, 9.17) is 6.58 Å². The second-order valence-electron chi connectivity index (χ2n) is 19.5. The number of nitrogens with zero attached hydrogens (tertiary/aromatic N) is 4. The standard InChI is InChI=1S/C72H54N4/c1-4-51-47-67-50(3)46-62(44-45-73(55-22-10-6-11-23-55)71(67)65-32-20-18-30-63(51)65)75(57-26-14-8-15-27-57)60-40-36-54(37-41-60)53-34-38-59(39-35-53)74(56-24-12-7-13-25-56)61-42-43-70-68(49-61)69-48-52(5-2)64-31-19-21-33-66(64)72(69)76(70)58-28-16-9-17-29-58/h4-49,64,66H,1-3H2. The van der Waals surface area contributed by atoms with E-state index < -0.39 is 0 Å². The number of hydrogen-bond donors (Lipinski definition) is 0. The first-order valence-electron chi connectivity index (χ1n) is 26.0. The van der Waals surface area contributed by atoms with Gasteiger partial charge in [-0.3, -0.25) is 0 Å². The van der Waals surface area contributed by atoms with Crippen molar-refractivity contribution in [1.29, 1.82) is 0 Å². The molecule has 13 rings (SSSR count). The van der Waals surface area contributed by atoms with Crippen molar-refractivity contribution < 1.29 is 0 Å². The van der Waals surface area contributed by atoms with E-state index in [1.807, 2.05) is 12.2 Å². The third-order valence-electron chi connectivity index (χ3n) is 15.2. The second-order valence-corrected chi connectivity index (χ2v) is 19.5. The molecule has 3 aliphatic rings. The van der Waals surface area contributed by atoms with Gasteiger partial charge >= 0.3 is 0 Å². The lowest BCUT2D eigenvalue weighted by Gasteiger charge is -2.31. The van der Waals surface area contributed by atoms with Gasteiger partial charge in [-0.05, 0) is 149 Å². The molecule has 0 amide bonds. The quantitative estimate of drug-likeness (QED) is 0.128. The number of allylic oxidation sites excluding steroid dienone is 9. The van der Waals surface area contributed by atoms with E-state index in [0.717, 1.165) is 89.8 Å². The number of hydrogen-bond acceptors (Lipinski definition) is 3. The first-order chi connectivity index (χ1) is 37.5. The fraction of sp³-hybridized carbons (Fsp3) is 0.0278. The van der Waals surface area contributed by atoms with Crippen LogP contribution in [-0.4, -0.2) is 4.57 Å². The van der Waals surface area contributed by atoms with Gasteiger partial charge in [-0.1, -0.05) is 178 Å². The topological polar surface area (TPSA) is 14.7 Å². The summed E-state index contributed by atoms with van der Waals surface area (Å²) < 4.78 is 2.47. The summed E-state index contributed by atoms with van der Waals surface area (Å²) in [5, 5.41) is 3.50. The minimum absolute atomic E-state index is 0.189. The van der Waals surface area contributed by atoms with Gasteiger partial charge in [0.15, 0.2) is 0 Å². The van der Waals surface area contributed by atoms with E-state index >= 15 is 0 Å². The maximum Gasteiger partial charge on any atom is 0.0612 e. The maximum absolute atomic E-state index is 4.75. The van der Waals surface area contributed by atoms with E-state index in [1.165, 1.54) is 27.7 Å². The minimum atomic E-state index is 0.189. The first kappa shape index (κ1) is 45.9. The number of rotatable bonds is 11. The summed E-state index contributed by atoms with van der Waals surface area (Å²) in [6.45, 7) is 13.2. The Morgan fingerprint density at radius 2 is 1.00 bits per heavy atom. The van der Waals surface area contributed by atoms with E-state index in [2.05, 4.69) is 300 Å². The summed E-state index contributed by atoms with van der Waals surface area (Å²) in [6.07, 6.45) is 22.0. The van der Waals surface area contributed by atoms with Crippen molar-refractivity contribution >= 4 is 79.2 Å². The Hall–Kier alpha value is -9.90. The van der Waals surface area contributed by atoms with Crippen molar-refractivity contribution in [3.05, 3.63) is 321 Å². The lowest BCUT2D eigenvalue weighted by Crippen LogP contribution is -2.20. The van der Waals surface area contributed by atoms with Crippen molar-refractivity contribution in [2.45, 2.75) is 5.92 Å². The third kappa shape index (κ3) is 8.05. The summed E-state index contributed by atoms with van der Waals surface area (Å²) in [5.41, 5.74) is 19.9. The summed E-state index contributed by atoms with van der Waals surface area (Å²) in [4.78, 5) is 6.97. The highest BCUT2D eigenvalue weighted by Crippen LogP contribution is 2.49. The van der Waals surface area contributed by atoms with Gasteiger partial charge in [-0.15, -0.1) is 0 Å². The van der Waals surface area contributed by atoms with Crippen LogP contribution in [0.2, 0.25) is 0 Å². The number of para-hydroxylation sites is 4. The average molecular weight is 975 g/mol. The van der Waals surface area contributed by atoms with Crippen molar-refractivity contribution in [3.8, 4) is 16.8 Å². The molecule has 0 spiro atoms. The molecular weight excluding hydrogens is 921 g/mol. The molecule has 1 aromatic heterocycles. The van der Waals surface area contributed by atoms with Crippen LogP contribution in [0.25, 0.3) is 56.2 Å². The summed E-state index contributed by atoms with van der Waals surface area (Å²) in [7, 11) is 0. The summed E-state index contributed by atoms with van der Waals surface area (Å²) in [5.74, 6) is 0.425.